The van der Waals surface area contributed by atoms with Gasteiger partial charge in [0.05, 0.1) is 0 Å². The van der Waals surface area contributed by atoms with E-state index >= 15 is 0 Å². The molecule has 1 N–H and O–H groups in total. The Morgan fingerprint density at radius 1 is 1.16 bits per heavy atom. The molecule has 0 spiro atoms. The highest BCUT2D eigenvalue weighted by Gasteiger charge is 2.02. The van der Waals surface area contributed by atoms with Crippen LogP contribution in [0.2, 0.25) is 5.02 Å². The van der Waals surface area contributed by atoms with Gasteiger partial charge in [0.1, 0.15) is 0 Å². The minimum Gasteiger partial charge on any atom is -0.322 e. The number of benzene rings is 2. The monoisotopic (exact) mass is 271 g/mol. The second kappa shape index (κ2) is 6.21. The van der Waals surface area contributed by atoms with Gasteiger partial charge in [-0.15, -0.1) is 0 Å². The zero-order valence-corrected chi connectivity index (χ0v) is 11.3. The maximum atomic E-state index is 11.8. The van der Waals surface area contributed by atoms with Gasteiger partial charge in [-0.3, -0.25) is 4.79 Å². The van der Waals surface area contributed by atoms with Crippen LogP contribution in [-0.4, -0.2) is 5.91 Å². The molecule has 0 saturated carbocycles. The SMILES string of the molecule is Cc1ccc(Cl)cc1NC(=O)C=Cc1ccccc1. The molecule has 0 fully saturated rings. The molecule has 2 rings (SSSR count). The second-order valence-corrected chi connectivity index (χ2v) is 4.63. The standard InChI is InChI=1S/C16H14ClNO/c1-12-7-9-14(17)11-15(12)18-16(19)10-8-13-5-3-2-4-6-13/h2-11H,1H3,(H,18,19). The summed E-state index contributed by atoms with van der Waals surface area (Å²) in [6.07, 6.45) is 3.28. The van der Waals surface area contributed by atoms with Crippen molar-refractivity contribution in [2.45, 2.75) is 6.92 Å². The summed E-state index contributed by atoms with van der Waals surface area (Å²) in [6.45, 7) is 1.92. The van der Waals surface area contributed by atoms with Gasteiger partial charge in [-0.05, 0) is 36.3 Å². The van der Waals surface area contributed by atoms with Crippen molar-refractivity contribution in [1.29, 1.82) is 0 Å². The molecule has 2 aromatic carbocycles. The van der Waals surface area contributed by atoms with E-state index in [0.717, 1.165) is 16.8 Å². The number of aryl methyl sites for hydroxylation is 1. The summed E-state index contributed by atoms with van der Waals surface area (Å²) in [6, 6.07) is 15.1. The molecule has 2 aromatic rings. The topological polar surface area (TPSA) is 29.1 Å². The molecule has 19 heavy (non-hydrogen) atoms. The molecule has 0 aliphatic carbocycles. The molecule has 0 aromatic heterocycles. The van der Waals surface area contributed by atoms with Gasteiger partial charge in [-0.25, -0.2) is 0 Å². The zero-order chi connectivity index (χ0) is 13.7. The van der Waals surface area contributed by atoms with Crippen molar-refractivity contribution >= 4 is 29.3 Å². The van der Waals surface area contributed by atoms with Gasteiger partial charge in [-0.1, -0.05) is 48.0 Å². The van der Waals surface area contributed by atoms with Gasteiger partial charge in [0.2, 0.25) is 5.91 Å². The van der Waals surface area contributed by atoms with E-state index in [-0.39, 0.29) is 5.91 Å². The number of nitrogens with one attached hydrogen (secondary N) is 1. The first-order valence-electron chi connectivity index (χ1n) is 5.95. The van der Waals surface area contributed by atoms with E-state index in [9.17, 15) is 4.79 Å². The summed E-state index contributed by atoms with van der Waals surface area (Å²) in [5.74, 6) is -0.172. The largest absolute Gasteiger partial charge is 0.322 e. The zero-order valence-electron chi connectivity index (χ0n) is 10.6. The Morgan fingerprint density at radius 2 is 1.89 bits per heavy atom. The Balaban J connectivity index is 2.06. The van der Waals surface area contributed by atoms with Crippen LogP contribution in [0.25, 0.3) is 6.08 Å². The molecule has 0 aliphatic rings. The second-order valence-electron chi connectivity index (χ2n) is 4.19. The molecule has 2 nitrogen and oxygen atoms in total. The average Bonchev–Trinajstić information content (AvgIpc) is 2.42. The van der Waals surface area contributed by atoms with E-state index in [2.05, 4.69) is 5.32 Å². The van der Waals surface area contributed by atoms with Gasteiger partial charge in [0.25, 0.3) is 0 Å². The highest BCUT2D eigenvalue weighted by molar-refractivity contribution is 6.31. The van der Waals surface area contributed by atoms with Crippen LogP contribution in [0.1, 0.15) is 11.1 Å². The van der Waals surface area contributed by atoms with Gasteiger partial charge in [0.15, 0.2) is 0 Å². The summed E-state index contributed by atoms with van der Waals surface area (Å²) in [5, 5.41) is 3.42. The number of rotatable bonds is 3. The lowest BCUT2D eigenvalue weighted by Gasteiger charge is -2.06. The molecule has 0 saturated heterocycles. The molecule has 96 valence electrons. The maximum absolute atomic E-state index is 11.8. The van der Waals surface area contributed by atoms with Crippen LogP contribution in [0.15, 0.2) is 54.6 Å². The summed E-state index contributed by atoms with van der Waals surface area (Å²) in [4.78, 5) is 11.8. The number of amides is 1. The van der Waals surface area contributed by atoms with Gasteiger partial charge < -0.3 is 5.32 Å². The van der Waals surface area contributed by atoms with Crippen LogP contribution in [-0.2, 0) is 4.79 Å². The fraction of sp³-hybridized carbons (Fsp3) is 0.0625. The van der Waals surface area contributed by atoms with E-state index in [1.54, 1.807) is 18.2 Å². The highest BCUT2D eigenvalue weighted by atomic mass is 35.5. The Bertz CT molecular complexity index is 605. The van der Waals surface area contributed by atoms with Crippen LogP contribution in [0.4, 0.5) is 5.69 Å². The Morgan fingerprint density at radius 3 is 2.63 bits per heavy atom. The quantitative estimate of drug-likeness (QED) is 0.829. The third-order valence-corrected chi connectivity index (χ3v) is 2.92. The number of halogens is 1. The van der Waals surface area contributed by atoms with Crippen molar-refractivity contribution in [3.8, 4) is 0 Å². The van der Waals surface area contributed by atoms with Crippen molar-refractivity contribution in [1.82, 2.24) is 0 Å². The first-order chi connectivity index (χ1) is 9.15. The molecule has 0 aliphatic heterocycles. The Labute approximate surface area is 117 Å². The van der Waals surface area contributed by atoms with Crippen molar-refractivity contribution < 1.29 is 4.79 Å². The summed E-state index contributed by atoms with van der Waals surface area (Å²) in [7, 11) is 0. The van der Waals surface area contributed by atoms with Gasteiger partial charge in [-0.2, -0.15) is 0 Å². The molecule has 0 bridgehead atoms. The van der Waals surface area contributed by atoms with Crippen LogP contribution in [0, 0.1) is 6.92 Å². The molecule has 3 heteroatoms. The number of hydrogen-bond donors (Lipinski definition) is 1. The molecular formula is C16H14ClNO. The number of carbonyl (C=O) groups excluding carboxylic acids is 1. The maximum Gasteiger partial charge on any atom is 0.248 e. The van der Waals surface area contributed by atoms with E-state index in [4.69, 9.17) is 11.6 Å². The van der Waals surface area contributed by atoms with E-state index in [1.165, 1.54) is 6.08 Å². The van der Waals surface area contributed by atoms with Crippen molar-refractivity contribution in [2.75, 3.05) is 5.32 Å². The lowest BCUT2D eigenvalue weighted by Crippen LogP contribution is -2.08. The van der Waals surface area contributed by atoms with Crippen LogP contribution in [0.5, 0.6) is 0 Å². The summed E-state index contributed by atoms with van der Waals surface area (Å²) >= 11 is 5.90. The first kappa shape index (κ1) is 13.4. The van der Waals surface area contributed by atoms with Crippen molar-refractivity contribution in [3.63, 3.8) is 0 Å². The minimum atomic E-state index is -0.172. The third-order valence-electron chi connectivity index (χ3n) is 2.68. The smallest absolute Gasteiger partial charge is 0.248 e. The molecular weight excluding hydrogens is 258 g/mol. The van der Waals surface area contributed by atoms with Crippen LogP contribution >= 0.6 is 11.6 Å². The summed E-state index contributed by atoms with van der Waals surface area (Å²) in [5.41, 5.74) is 2.70. The minimum absolute atomic E-state index is 0.172. The normalized spacial score (nSPS) is 10.6. The average molecular weight is 272 g/mol. The highest BCUT2D eigenvalue weighted by Crippen LogP contribution is 2.20. The van der Waals surface area contributed by atoms with Crippen LogP contribution in [0.3, 0.4) is 0 Å². The predicted molar refractivity (Wildman–Crippen MR) is 80.3 cm³/mol. The van der Waals surface area contributed by atoms with E-state index in [0.29, 0.717) is 5.02 Å². The fourth-order valence-electron chi connectivity index (χ4n) is 1.64. The first-order valence-corrected chi connectivity index (χ1v) is 6.33. The third kappa shape index (κ3) is 3.97. The van der Waals surface area contributed by atoms with Crippen molar-refractivity contribution in [3.05, 3.63) is 70.8 Å². The fourth-order valence-corrected chi connectivity index (χ4v) is 1.81. The lowest BCUT2D eigenvalue weighted by atomic mass is 10.2. The number of anilines is 1. The van der Waals surface area contributed by atoms with Crippen molar-refractivity contribution in [2.24, 2.45) is 0 Å². The van der Waals surface area contributed by atoms with E-state index < -0.39 is 0 Å². The molecule has 1 amide bonds. The summed E-state index contributed by atoms with van der Waals surface area (Å²) < 4.78 is 0. The number of carbonyl (C=O) groups is 1. The van der Waals surface area contributed by atoms with Gasteiger partial charge >= 0.3 is 0 Å². The van der Waals surface area contributed by atoms with Gasteiger partial charge in [0, 0.05) is 16.8 Å². The van der Waals surface area contributed by atoms with Crippen LogP contribution < -0.4 is 5.32 Å². The predicted octanol–water partition coefficient (Wildman–Crippen LogP) is 4.30. The number of hydrogen-bond acceptors (Lipinski definition) is 1. The Hall–Kier alpha value is -2.06. The Kier molecular flexibility index (Phi) is 4.37. The molecule has 0 radical (unpaired) electrons. The van der Waals surface area contributed by atoms with E-state index in [1.807, 2.05) is 43.3 Å². The lowest BCUT2D eigenvalue weighted by molar-refractivity contribution is -0.111. The molecule has 0 atom stereocenters. The molecule has 0 unspecified atom stereocenters. The molecule has 0 heterocycles.